The van der Waals surface area contributed by atoms with Gasteiger partial charge in [-0.3, -0.25) is 4.79 Å². The third-order valence-corrected chi connectivity index (χ3v) is 4.88. The summed E-state index contributed by atoms with van der Waals surface area (Å²) in [6.45, 7) is 0.579. The molecule has 4 nitrogen and oxygen atoms in total. The van der Waals surface area contributed by atoms with Gasteiger partial charge < -0.3 is 14.8 Å². The molecule has 28 heavy (non-hydrogen) atoms. The summed E-state index contributed by atoms with van der Waals surface area (Å²) in [5.74, 6) is 1.14. The van der Waals surface area contributed by atoms with Gasteiger partial charge in [0.05, 0.1) is 23.9 Å². The van der Waals surface area contributed by atoms with Gasteiger partial charge in [-0.25, -0.2) is 0 Å². The Hall–Kier alpha value is -2.79. The first kappa shape index (κ1) is 20.0. The number of aryl methyl sites for hydroxylation is 1. The van der Waals surface area contributed by atoms with E-state index < -0.39 is 0 Å². The van der Waals surface area contributed by atoms with Crippen LogP contribution in [-0.4, -0.2) is 19.6 Å². The molecule has 0 aliphatic rings. The molecule has 0 heterocycles. The molecule has 0 saturated heterocycles. The lowest BCUT2D eigenvalue weighted by molar-refractivity contribution is 0.102. The van der Waals surface area contributed by atoms with Crippen LogP contribution in [-0.2, 0) is 6.42 Å². The molecule has 0 fully saturated rings. The molecule has 0 atom stereocenters. The largest absolute Gasteiger partial charge is 0.496 e. The Bertz CT molecular complexity index is 928. The molecule has 0 radical (unpaired) electrons. The van der Waals surface area contributed by atoms with Crippen molar-refractivity contribution in [3.8, 4) is 11.5 Å². The number of benzene rings is 3. The maximum atomic E-state index is 12.6. The topological polar surface area (TPSA) is 47.6 Å². The highest BCUT2D eigenvalue weighted by molar-refractivity contribution is 9.10. The number of amides is 1. The Kier molecular flexibility index (Phi) is 7.09. The third-order valence-electron chi connectivity index (χ3n) is 4.26. The lowest BCUT2D eigenvalue weighted by Crippen LogP contribution is -2.13. The van der Waals surface area contributed by atoms with Crippen LogP contribution in [0.15, 0.2) is 77.3 Å². The van der Waals surface area contributed by atoms with Crippen molar-refractivity contribution in [1.29, 1.82) is 0 Å². The fraction of sp³-hybridized carbons (Fsp3) is 0.174. The lowest BCUT2D eigenvalue weighted by Gasteiger charge is -2.13. The molecule has 0 spiro atoms. The Labute approximate surface area is 173 Å². The number of carbonyl (C=O) groups is 1. The first-order valence-corrected chi connectivity index (χ1v) is 9.87. The smallest absolute Gasteiger partial charge is 0.255 e. The Morgan fingerprint density at radius 1 is 0.964 bits per heavy atom. The van der Waals surface area contributed by atoms with Crippen molar-refractivity contribution in [3.63, 3.8) is 0 Å². The van der Waals surface area contributed by atoms with Crippen molar-refractivity contribution in [2.75, 3.05) is 19.0 Å². The van der Waals surface area contributed by atoms with E-state index in [0.717, 1.165) is 17.3 Å². The lowest BCUT2D eigenvalue weighted by atomic mass is 10.1. The SMILES string of the molecule is COc1ccc(C(=O)Nc2ccccc2OCCCc2ccccc2)cc1Br. The van der Waals surface area contributed by atoms with Crippen LogP contribution in [0.5, 0.6) is 11.5 Å². The maximum absolute atomic E-state index is 12.6. The average Bonchev–Trinajstić information content (AvgIpc) is 2.73. The number of methoxy groups -OCH3 is 1. The summed E-state index contributed by atoms with van der Waals surface area (Å²) >= 11 is 3.41. The van der Waals surface area contributed by atoms with Gasteiger partial charge in [-0.15, -0.1) is 0 Å². The van der Waals surface area contributed by atoms with Gasteiger partial charge in [0, 0.05) is 5.56 Å². The molecule has 0 aliphatic heterocycles. The van der Waals surface area contributed by atoms with Crippen LogP contribution in [0.25, 0.3) is 0 Å². The minimum atomic E-state index is -0.205. The van der Waals surface area contributed by atoms with Crippen LogP contribution >= 0.6 is 15.9 Å². The molecule has 0 aliphatic carbocycles. The monoisotopic (exact) mass is 439 g/mol. The summed E-state index contributed by atoms with van der Waals surface area (Å²) in [6.07, 6.45) is 1.85. The fourth-order valence-corrected chi connectivity index (χ4v) is 3.34. The van der Waals surface area contributed by atoms with E-state index in [4.69, 9.17) is 9.47 Å². The molecule has 5 heteroatoms. The van der Waals surface area contributed by atoms with Gasteiger partial charge >= 0.3 is 0 Å². The highest BCUT2D eigenvalue weighted by Gasteiger charge is 2.12. The van der Waals surface area contributed by atoms with Crippen molar-refractivity contribution in [2.45, 2.75) is 12.8 Å². The summed E-state index contributed by atoms with van der Waals surface area (Å²) in [7, 11) is 1.59. The quantitative estimate of drug-likeness (QED) is 0.456. The minimum Gasteiger partial charge on any atom is -0.496 e. The normalized spacial score (nSPS) is 10.4. The highest BCUT2D eigenvalue weighted by Crippen LogP contribution is 2.28. The Balaban J connectivity index is 1.60. The average molecular weight is 440 g/mol. The zero-order chi connectivity index (χ0) is 19.8. The van der Waals surface area contributed by atoms with Crippen LogP contribution in [0.3, 0.4) is 0 Å². The number of nitrogens with one attached hydrogen (secondary N) is 1. The van der Waals surface area contributed by atoms with Crippen molar-refractivity contribution in [1.82, 2.24) is 0 Å². The Morgan fingerprint density at radius 3 is 2.46 bits per heavy atom. The van der Waals surface area contributed by atoms with Gasteiger partial charge in [0.2, 0.25) is 0 Å². The first-order chi connectivity index (χ1) is 13.7. The predicted molar refractivity (Wildman–Crippen MR) is 115 cm³/mol. The van der Waals surface area contributed by atoms with Gasteiger partial charge in [-0.2, -0.15) is 0 Å². The van der Waals surface area contributed by atoms with Gasteiger partial charge in [0.15, 0.2) is 0 Å². The molecular weight excluding hydrogens is 418 g/mol. The van der Waals surface area contributed by atoms with Crippen LogP contribution in [0, 0.1) is 0 Å². The van der Waals surface area contributed by atoms with Crippen LogP contribution in [0.1, 0.15) is 22.3 Å². The molecule has 0 bridgehead atoms. The molecule has 1 amide bonds. The fourth-order valence-electron chi connectivity index (χ4n) is 2.80. The van der Waals surface area contributed by atoms with Crippen molar-refractivity contribution < 1.29 is 14.3 Å². The molecule has 0 saturated carbocycles. The number of ether oxygens (including phenoxy) is 2. The number of rotatable bonds is 8. The van der Waals surface area contributed by atoms with Crippen LogP contribution in [0.2, 0.25) is 0 Å². The van der Waals surface area contributed by atoms with E-state index in [9.17, 15) is 4.79 Å². The van der Waals surface area contributed by atoms with E-state index in [1.807, 2.05) is 42.5 Å². The number of hydrogen-bond donors (Lipinski definition) is 1. The molecule has 144 valence electrons. The molecule has 1 N–H and O–H groups in total. The molecular formula is C23H22BrNO3. The summed E-state index contributed by atoms with van der Waals surface area (Å²) in [6, 6.07) is 23.0. The van der Waals surface area contributed by atoms with Gasteiger partial charge in [0.25, 0.3) is 5.91 Å². The van der Waals surface area contributed by atoms with E-state index in [-0.39, 0.29) is 5.91 Å². The number of halogens is 1. The summed E-state index contributed by atoms with van der Waals surface area (Å²) in [4.78, 5) is 12.6. The van der Waals surface area contributed by atoms with Gasteiger partial charge in [-0.05, 0) is 64.7 Å². The number of anilines is 1. The van der Waals surface area contributed by atoms with Gasteiger partial charge in [0.1, 0.15) is 11.5 Å². The number of para-hydroxylation sites is 2. The van der Waals surface area contributed by atoms with Crippen molar-refractivity contribution in [3.05, 3.63) is 88.4 Å². The zero-order valence-electron chi connectivity index (χ0n) is 15.7. The second-order valence-electron chi connectivity index (χ2n) is 6.24. The standard InChI is InChI=1S/C23H22BrNO3/c1-27-21-14-13-18(16-19(21)24)23(26)25-20-11-5-6-12-22(20)28-15-7-10-17-8-3-2-4-9-17/h2-6,8-9,11-14,16H,7,10,15H2,1H3,(H,25,26). The van der Waals surface area contributed by atoms with Gasteiger partial charge in [-0.1, -0.05) is 42.5 Å². The molecule has 0 unspecified atom stereocenters. The zero-order valence-corrected chi connectivity index (χ0v) is 17.2. The second kappa shape index (κ2) is 9.95. The molecule has 3 rings (SSSR count). The number of hydrogen-bond acceptors (Lipinski definition) is 3. The minimum absolute atomic E-state index is 0.205. The highest BCUT2D eigenvalue weighted by atomic mass is 79.9. The third kappa shape index (κ3) is 5.36. The predicted octanol–water partition coefficient (Wildman–Crippen LogP) is 5.72. The Morgan fingerprint density at radius 2 is 1.71 bits per heavy atom. The summed E-state index contributed by atoms with van der Waals surface area (Å²) < 4.78 is 11.8. The van der Waals surface area contributed by atoms with Crippen LogP contribution < -0.4 is 14.8 Å². The van der Waals surface area contributed by atoms with Crippen molar-refractivity contribution in [2.24, 2.45) is 0 Å². The molecule has 3 aromatic carbocycles. The van der Waals surface area contributed by atoms with Crippen LogP contribution in [0.4, 0.5) is 5.69 Å². The maximum Gasteiger partial charge on any atom is 0.255 e. The first-order valence-electron chi connectivity index (χ1n) is 9.08. The van der Waals surface area contributed by atoms with E-state index in [1.165, 1.54) is 5.56 Å². The van der Waals surface area contributed by atoms with E-state index in [1.54, 1.807) is 25.3 Å². The number of carbonyl (C=O) groups excluding carboxylic acids is 1. The van der Waals surface area contributed by atoms with E-state index in [0.29, 0.717) is 29.4 Å². The summed E-state index contributed by atoms with van der Waals surface area (Å²) in [5, 5.41) is 2.92. The molecule has 3 aromatic rings. The summed E-state index contributed by atoms with van der Waals surface area (Å²) in [5.41, 5.74) is 2.48. The van der Waals surface area contributed by atoms with E-state index >= 15 is 0 Å². The van der Waals surface area contributed by atoms with Crippen molar-refractivity contribution >= 4 is 27.5 Å². The second-order valence-corrected chi connectivity index (χ2v) is 7.09. The van der Waals surface area contributed by atoms with E-state index in [2.05, 4.69) is 33.4 Å². The molecule has 0 aromatic heterocycles.